The maximum Gasteiger partial charge on any atom is 0.149 e. The molecular formula is C13H16N4. The van der Waals surface area contributed by atoms with Gasteiger partial charge in [-0.1, -0.05) is 0 Å². The van der Waals surface area contributed by atoms with Gasteiger partial charge in [0.25, 0.3) is 0 Å². The van der Waals surface area contributed by atoms with Gasteiger partial charge in [0.2, 0.25) is 0 Å². The molecule has 0 amide bonds. The molecule has 17 heavy (non-hydrogen) atoms. The highest BCUT2D eigenvalue weighted by atomic mass is 15.1. The van der Waals surface area contributed by atoms with Gasteiger partial charge in [-0.25, -0.2) is 9.97 Å². The average molecular weight is 228 g/mol. The predicted molar refractivity (Wildman–Crippen MR) is 69.1 cm³/mol. The average Bonchev–Trinajstić information content (AvgIpc) is 2.28. The van der Waals surface area contributed by atoms with Crippen molar-refractivity contribution in [1.29, 1.82) is 0 Å². The molecule has 4 nitrogen and oxygen atoms in total. The largest absolute Gasteiger partial charge is 0.361 e. The van der Waals surface area contributed by atoms with Gasteiger partial charge in [0.1, 0.15) is 5.82 Å². The second kappa shape index (κ2) is 4.49. The third-order valence-corrected chi connectivity index (χ3v) is 2.52. The van der Waals surface area contributed by atoms with Crippen molar-refractivity contribution >= 4 is 5.82 Å². The number of aromatic nitrogens is 3. The molecule has 0 unspecified atom stereocenters. The Kier molecular flexibility index (Phi) is 3.04. The Balaban J connectivity index is 2.44. The van der Waals surface area contributed by atoms with E-state index in [1.54, 1.807) is 6.20 Å². The fourth-order valence-electron chi connectivity index (χ4n) is 1.75. The van der Waals surface area contributed by atoms with Crippen molar-refractivity contribution in [2.45, 2.75) is 13.8 Å². The molecule has 0 bridgehead atoms. The van der Waals surface area contributed by atoms with Crippen LogP contribution in [0.15, 0.2) is 24.7 Å². The molecule has 0 atom stereocenters. The van der Waals surface area contributed by atoms with Crippen LogP contribution in [0.3, 0.4) is 0 Å². The van der Waals surface area contributed by atoms with Gasteiger partial charge in [0, 0.05) is 32.1 Å². The Morgan fingerprint density at radius 3 is 2.41 bits per heavy atom. The lowest BCUT2D eigenvalue weighted by Gasteiger charge is -2.14. The van der Waals surface area contributed by atoms with E-state index in [1.165, 1.54) is 0 Å². The van der Waals surface area contributed by atoms with Gasteiger partial charge in [-0.2, -0.15) is 0 Å². The van der Waals surface area contributed by atoms with Crippen molar-refractivity contribution < 1.29 is 0 Å². The van der Waals surface area contributed by atoms with Crippen molar-refractivity contribution in [3.63, 3.8) is 0 Å². The van der Waals surface area contributed by atoms with Crippen LogP contribution in [0.5, 0.6) is 0 Å². The summed E-state index contributed by atoms with van der Waals surface area (Å²) in [5.41, 5.74) is 3.92. The smallest absolute Gasteiger partial charge is 0.149 e. The Hall–Kier alpha value is -1.97. The number of rotatable bonds is 2. The van der Waals surface area contributed by atoms with Gasteiger partial charge in [0.15, 0.2) is 0 Å². The molecule has 0 aromatic carbocycles. The number of nitrogens with zero attached hydrogens (tertiary/aromatic N) is 4. The number of hydrogen-bond acceptors (Lipinski definition) is 4. The highest BCUT2D eigenvalue weighted by Crippen LogP contribution is 2.20. The molecule has 2 aromatic heterocycles. The van der Waals surface area contributed by atoms with Crippen LogP contribution >= 0.6 is 0 Å². The van der Waals surface area contributed by atoms with Crippen molar-refractivity contribution in [3.05, 3.63) is 35.9 Å². The van der Waals surface area contributed by atoms with Crippen LogP contribution in [-0.2, 0) is 0 Å². The number of hydrogen-bond donors (Lipinski definition) is 0. The fourth-order valence-corrected chi connectivity index (χ4v) is 1.75. The molecule has 0 saturated heterocycles. The molecule has 0 N–H and O–H groups in total. The first-order valence-corrected chi connectivity index (χ1v) is 5.51. The van der Waals surface area contributed by atoms with Gasteiger partial charge in [0.05, 0.1) is 17.6 Å². The van der Waals surface area contributed by atoms with Crippen molar-refractivity contribution in [1.82, 2.24) is 15.0 Å². The number of anilines is 1. The lowest BCUT2D eigenvalue weighted by atomic mass is 10.2. The highest BCUT2D eigenvalue weighted by Gasteiger charge is 2.07. The summed E-state index contributed by atoms with van der Waals surface area (Å²) in [6, 6.07) is 2.06. The van der Waals surface area contributed by atoms with Crippen molar-refractivity contribution in [2.75, 3.05) is 19.0 Å². The van der Waals surface area contributed by atoms with Crippen LogP contribution < -0.4 is 4.90 Å². The monoisotopic (exact) mass is 228 g/mol. The van der Waals surface area contributed by atoms with E-state index >= 15 is 0 Å². The molecule has 2 aromatic rings. The van der Waals surface area contributed by atoms with Crippen LogP contribution in [0.1, 0.15) is 11.3 Å². The molecule has 0 fully saturated rings. The summed E-state index contributed by atoms with van der Waals surface area (Å²) in [7, 11) is 3.93. The van der Waals surface area contributed by atoms with Crippen molar-refractivity contribution in [3.8, 4) is 11.3 Å². The normalized spacial score (nSPS) is 10.4. The lowest BCUT2D eigenvalue weighted by Crippen LogP contribution is -2.13. The predicted octanol–water partition coefficient (Wildman–Crippen LogP) is 2.22. The first-order valence-electron chi connectivity index (χ1n) is 5.51. The van der Waals surface area contributed by atoms with Gasteiger partial charge < -0.3 is 4.90 Å². The quantitative estimate of drug-likeness (QED) is 0.790. The first-order chi connectivity index (χ1) is 8.08. The second-order valence-electron chi connectivity index (χ2n) is 4.31. The summed E-state index contributed by atoms with van der Waals surface area (Å²) in [6.45, 7) is 3.99. The van der Waals surface area contributed by atoms with E-state index in [0.717, 1.165) is 28.3 Å². The van der Waals surface area contributed by atoms with E-state index in [0.29, 0.717) is 0 Å². The van der Waals surface area contributed by atoms with Gasteiger partial charge in [-0.05, 0) is 25.5 Å². The third-order valence-electron chi connectivity index (χ3n) is 2.52. The summed E-state index contributed by atoms with van der Waals surface area (Å²) in [5, 5.41) is 0. The maximum absolute atomic E-state index is 4.56. The van der Waals surface area contributed by atoms with E-state index in [1.807, 2.05) is 45.2 Å². The van der Waals surface area contributed by atoms with E-state index in [2.05, 4.69) is 21.0 Å². The standard InChI is InChI=1S/C13H16N4/c1-9-5-11(7-14-6-9)12-8-15-13(17(3)4)10(2)16-12/h5-8H,1-4H3. The topological polar surface area (TPSA) is 41.9 Å². The molecule has 0 aliphatic heterocycles. The zero-order valence-corrected chi connectivity index (χ0v) is 10.6. The molecule has 2 rings (SSSR count). The Morgan fingerprint density at radius 2 is 1.82 bits per heavy atom. The Morgan fingerprint density at radius 1 is 1.06 bits per heavy atom. The zero-order chi connectivity index (χ0) is 12.4. The summed E-state index contributed by atoms with van der Waals surface area (Å²) >= 11 is 0. The molecule has 0 radical (unpaired) electrons. The molecule has 0 spiro atoms. The third kappa shape index (κ3) is 2.41. The van der Waals surface area contributed by atoms with Crippen LogP contribution in [0.4, 0.5) is 5.82 Å². The molecule has 0 aliphatic carbocycles. The van der Waals surface area contributed by atoms with Crippen LogP contribution in [0, 0.1) is 13.8 Å². The zero-order valence-electron chi connectivity index (χ0n) is 10.6. The van der Waals surface area contributed by atoms with Gasteiger partial charge in [-0.3, -0.25) is 4.98 Å². The van der Waals surface area contributed by atoms with E-state index < -0.39 is 0 Å². The molecule has 0 saturated carbocycles. The van der Waals surface area contributed by atoms with Crippen LogP contribution in [-0.4, -0.2) is 29.0 Å². The van der Waals surface area contributed by atoms with E-state index in [4.69, 9.17) is 0 Å². The minimum atomic E-state index is 0.865. The summed E-state index contributed by atoms with van der Waals surface area (Å²) in [5.74, 6) is 0.898. The molecule has 0 aliphatic rings. The summed E-state index contributed by atoms with van der Waals surface area (Å²) in [4.78, 5) is 15.1. The number of aryl methyl sites for hydroxylation is 2. The van der Waals surface area contributed by atoms with Gasteiger partial charge in [-0.15, -0.1) is 0 Å². The molecule has 4 heteroatoms. The number of pyridine rings is 1. The second-order valence-corrected chi connectivity index (χ2v) is 4.31. The Labute approximate surface area is 101 Å². The van der Waals surface area contributed by atoms with E-state index in [-0.39, 0.29) is 0 Å². The minimum absolute atomic E-state index is 0.865. The highest BCUT2D eigenvalue weighted by molar-refractivity contribution is 5.59. The summed E-state index contributed by atoms with van der Waals surface area (Å²) < 4.78 is 0. The molecule has 88 valence electrons. The van der Waals surface area contributed by atoms with E-state index in [9.17, 15) is 0 Å². The summed E-state index contributed by atoms with van der Waals surface area (Å²) in [6.07, 6.45) is 5.43. The molecular weight excluding hydrogens is 212 g/mol. The van der Waals surface area contributed by atoms with Crippen LogP contribution in [0.2, 0.25) is 0 Å². The maximum atomic E-state index is 4.56. The first kappa shape index (κ1) is 11.5. The Bertz CT molecular complexity index is 535. The van der Waals surface area contributed by atoms with Crippen LogP contribution in [0.25, 0.3) is 11.3 Å². The fraction of sp³-hybridized carbons (Fsp3) is 0.308. The van der Waals surface area contributed by atoms with Crippen molar-refractivity contribution in [2.24, 2.45) is 0 Å². The minimum Gasteiger partial charge on any atom is -0.361 e. The lowest BCUT2D eigenvalue weighted by molar-refractivity contribution is 1.01. The van der Waals surface area contributed by atoms with Gasteiger partial charge >= 0.3 is 0 Å². The molecule has 2 heterocycles. The SMILES string of the molecule is Cc1cncc(-c2cnc(N(C)C)c(C)n2)c1.